The van der Waals surface area contributed by atoms with Crippen LogP contribution in [0.1, 0.15) is 67.0 Å². The van der Waals surface area contributed by atoms with Crippen LogP contribution in [0, 0.1) is 0 Å². The molecule has 0 N–H and O–H groups in total. The maximum Gasteiger partial charge on any atom is 0.244 e. The van der Waals surface area contributed by atoms with Crippen molar-refractivity contribution >= 4 is 51.1 Å². The molecule has 0 spiro atoms. The Hall–Kier alpha value is -4.57. The topological polar surface area (TPSA) is 107 Å². The number of carbonyl (C=O) groups excluding carboxylic acids is 1. The minimum Gasteiger partial charge on any atom is -0.466 e. The molecular weight excluding hydrogens is 741 g/mol. The second kappa shape index (κ2) is 16.4. The van der Waals surface area contributed by atoms with Crippen LogP contribution in [-0.4, -0.2) is 18.4 Å². The van der Waals surface area contributed by atoms with Crippen LogP contribution in [0.5, 0.6) is 0 Å². The highest BCUT2D eigenvalue weighted by atomic mass is 32.1. The first-order chi connectivity index (χ1) is 25.7. The molecule has 0 aliphatic carbocycles. The van der Waals surface area contributed by atoms with Crippen LogP contribution < -0.4 is 0 Å². The van der Waals surface area contributed by atoms with Gasteiger partial charge < -0.3 is 36.6 Å². The van der Waals surface area contributed by atoms with E-state index in [1.54, 1.807) is 73.6 Å². The lowest BCUT2D eigenvalue weighted by atomic mass is 10.2. The van der Waals surface area contributed by atoms with Gasteiger partial charge in [0.15, 0.2) is 24.4 Å². The number of carbonyl (C=O) groups is 1. The standard InChI is InChI=1S/C39H30O9S4/c40-33(38(45-34(25-9-1-17-41-25)29-13-5-21-49-29)46-35(26-10-2-18-42-26)30-14-6-22-50-30)39(47-36(27-11-3-19-43-27)31-15-7-23-51-31)48-37(28-12-4-20-44-28)32-16-8-24-52-32/h1-24,34-39H. The summed E-state index contributed by atoms with van der Waals surface area (Å²) < 4.78 is 50.4. The maximum atomic E-state index is 15.3. The molecule has 8 aromatic heterocycles. The van der Waals surface area contributed by atoms with Crippen molar-refractivity contribution in [2.24, 2.45) is 0 Å². The first-order valence-corrected chi connectivity index (χ1v) is 19.7. The molecule has 8 heterocycles. The van der Waals surface area contributed by atoms with Crippen LogP contribution in [0.2, 0.25) is 0 Å². The van der Waals surface area contributed by atoms with Crippen molar-refractivity contribution in [1.29, 1.82) is 0 Å². The predicted octanol–water partition coefficient (Wildman–Crippen LogP) is 11.1. The summed E-state index contributed by atoms with van der Waals surface area (Å²) in [5, 5.41) is 7.73. The van der Waals surface area contributed by atoms with Gasteiger partial charge in [0.05, 0.1) is 25.1 Å². The van der Waals surface area contributed by atoms with Crippen LogP contribution in [0.4, 0.5) is 0 Å². The summed E-state index contributed by atoms with van der Waals surface area (Å²) in [6.07, 6.45) is -0.103. The van der Waals surface area contributed by atoms with Gasteiger partial charge in [-0.3, -0.25) is 4.79 Å². The van der Waals surface area contributed by atoms with Gasteiger partial charge in [-0.2, -0.15) is 0 Å². The molecule has 0 amide bonds. The third-order valence-electron chi connectivity index (χ3n) is 7.92. The van der Waals surface area contributed by atoms with E-state index in [-0.39, 0.29) is 0 Å². The number of hydrogen-bond acceptors (Lipinski definition) is 13. The molecule has 0 radical (unpaired) electrons. The maximum absolute atomic E-state index is 15.3. The zero-order valence-electron chi connectivity index (χ0n) is 27.1. The second-order valence-corrected chi connectivity index (χ2v) is 15.2. The zero-order valence-corrected chi connectivity index (χ0v) is 30.4. The van der Waals surface area contributed by atoms with Crippen LogP contribution in [0.15, 0.2) is 161 Å². The molecular formula is C39H30O9S4. The highest BCUT2D eigenvalue weighted by molar-refractivity contribution is 7.10. The minimum atomic E-state index is -1.57. The molecule has 52 heavy (non-hydrogen) atoms. The Bertz CT molecular complexity index is 1690. The number of thiophene rings is 4. The minimum absolute atomic E-state index is 0.493. The highest BCUT2D eigenvalue weighted by Crippen LogP contribution is 2.40. The van der Waals surface area contributed by atoms with Crippen molar-refractivity contribution in [3.05, 3.63) is 186 Å². The number of ketones is 1. The monoisotopic (exact) mass is 770 g/mol. The van der Waals surface area contributed by atoms with Crippen LogP contribution in [0.3, 0.4) is 0 Å². The van der Waals surface area contributed by atoms with Crippen LogP contribution >= 0.6 is 45.3 Å². The highest BCUT2D eigenvalue weighted by Gasteiger charge is 2.41. The molecule has 0 aromatic carbocycles. The molecule has 0 aliphatic heterocycles. The third-order valence-corrected chi connectivity index (χ3v) is 11.6. The molecule has 0 aliphatic rings. The number of hydrogen-bond donors (Lipinski definition) is 0. The average Bonchev–Trinajstić information content (AvgIpc) is 4.05. The largest absolute Gasteiger partial charge is 0.466 e. The van der Waals surface area contributed by atoms with Crippen molar-refractivity contribution in [3.63, 3.8) is 0 Å². The van der Waals surface area contributed by atoms with Crippen molar-refractivity contribution in [1.82, 2.24) is 0 Å². The van der Waals surface area contributed by atoms with Crippen molar-refractivity contribution in [2.75, 3.05) is 0 Å². The van der Waals surface area contributed by atoms with Gasteiger partial charge in [0.25, 0.3) is 0 Å². The summed E-state index contributed by atoms with van der Waals surface area (Å²) in [6, 6.07) is 29.6. The van der Waals surface area contributed by atoms with Crippen molar-refractivity contribution < 1.29 is 41.4 Å². The van der Waals surface area contributed by atoms with E-state index in [1.165, 1.54) is 45.3 Å². The first-order valence-electron chi connectivity index (χ1n) is 16.1. The molecule has 0 fully saturated rings. The van der Waals surface area contributed by atoms with Crippen LogP contribution in [-0.2, 0) is 23.7 Å². The first kappa shape index (κ1) is 34.5. The number of rotatable bonds is 18. The number of Topliss-reactive ketones (excluding diaryl/α,β-unsaturated/α-hetero) is 1. The van der Waals surface area contributed by atoms with E-state index >= 15 is 4.79 Å². The van der Waals surface area contributed by atoms with E-state index in [9.17, 15) is 0 Å². The van der Waals surface area contributed by atoms with Gasteiger partial charge >= 0.3 is 0 Å². The summed E-state index contributed by atoms with van der Waals surface area (Å²) in [5.41, 5.74) is 0. The van der Waals surface area contributed by atoms with Gasteiger partial charge in [-0.15, -0.1) is 45.3 Å². The van der Waals surface area contributed by atoms with Gasteiger partial charge in [0.1, 0.15) is 23.0 Å². The fraction of sp³-hybridized carbons (Fsp3) is 0.154. The lowest BCUT2D eigenvalue weighted by Gasteiger charge is -2.31. The lowest BCUT2D eigenvalue weighted by Crippen LogP contribution is -2.42. The van der Waals surface area contributed by atoms with Gasteiger partial charge in [-0.05, 0) is 94.3 Å². The molecule has 9 nitrogen and oxygen atoms in total. The molecule has 4 unspecified atom stereocenters. The van der Waals surface area contributed by atoms with E-state index in [1.807, 2.05) is 70.1 Å². The lowest BCUT2D eigenvalue weighted by molar-refractivity contribution is -0.233. The summed E-state index contributed by atoms with van der Waals surface area (Å²) in [4.78, 5) is 18.6. The van der Waals surface area contributed by atoms with Crippen molar-refractivity contribution in [3.8, 4) is 0 Å². The SMILES string of the molecule is O=C(C(OC(c1ccco1)c1cccs1)OC(c1ccco1)c1cccs1)C(OC(c1ccco1)c1cccs1)OC(c1ccco1)c1cccs1. The van der Waals surface area contributed by atoms with Gasteiger partial charge in [-0.1, -0.05) is 24.3 Å². The Morgan fingerprint density at radius 1 is 0.404 bits per heavy atom. The van der Waals surface area contributed by atoms with E-state index < -0.39 is 42.8 Å². The predicted molar refractivity (Wildman–Crippen MR) is 196 cm³/mol. The van der Waals surface area contributed by atoms with E-state index in [0.717, 1.165) is 19.5 Å². The third kappa shape index (κ3) is 7.77. The summed E-state index contributed by atoms with van der Waals surface area (Å²) >= 11 is 5.87. The van der Waals surface area contributed by atoms with Gasteiger partial charge in [0, 0.05) is 19.5 Å². The number of ether oxygens (including phenoxy) is 4. The molecule has 8 aromatic rings. The second-order valence-electron chi connectivity index (χ2n) is 11.3. The molecule has 4 atom stereocenters. The van der Waals surface area contributed by atoms with E-state index in [4.69, 9.17) is 36.6 Å². The smallest absolute Gasteiger partial charge is 0.244 e. The molecule has 0 saturated carbocycles. The van der Waals surface area contributed by atoms with E-state index in [0.29, 0.717) is 23.0 Å². The Morgan fingerprint density at radius 2 is 0.673 bits per heavy atom. The summed E-state index contributed by atoms with van der Waals surface area (Å²) in [7, 11) is 0. The normalized spacial score (nSPS) is 15.2. The average molecular weight is 771 g/mol. The number of furan rings is 4. The summed E-state index contributed by atoms with van der Waals surface area (Å²) in [5.74, 6) is 1.33. The Morgan fingerprint density at radius 3 is 0.865 bits per heavy atom. The quantitative estimate of drug-likeness (QED) is 0.0788. The molecule has 0 saturated heterocycles. The Labute approximate surface area is 314 Å². The van der Waals surface area contributed by atoms with E-state index in [2.05, 4.69) is 0 Å². The molecule has 8 rings (SSSR count). The van der Waals surface area contributed by atoms with Crippen LogP contribution in [0.25, 0.3) is 0 Å². The van der Waals surface area contributed by atoms with Gasteiger partial charge in [0.2, 0.25) is 18.4 Å². The zero-order chi connectivity index (χ0) is 35.1. The van der Waals surface area contributed by atoms with Crippen molar-refractivity contribution in [2.45, 2.75) is 37.0 Å². The summed E-state index contributed by atoms with van der Waals surface area (Å²) in [6.45, 7) is 0. The Kier molecular flexibility index (Phi) is 10.9. The Balaban J connectivity index is 1.23. The fourth-order valence-electron chi connectivity index (χ4n) is 5.56. The molecule has 13 heteroatoms. The van der Waals surface area contributed by atoms with Gasteiger partial charge in [-0.25, -0.2) is 0 Å². The molecule has 0 bridgehead atoms. The fourth-order valence-corrected chi connectivity index (χ4v) is 8.63. The molecule has 264 valence electrons.